The number of aromatic nitrogens is 1. The van der Waals surface area contributed by atoms with Crippen LogP contribution in [0.15, 0.2) is 52.9 Å². The van der Waals surface area contributed by atoms with Gasteiger partial charge in [-0.3, -0.25) is 4.31 Å². The fourth-order valence-corrected chi connectivity index (χ4v) is 4.45. The van der Waals surface area contributed by atoms with Crippen LogP contribution in [0.1, 0.15) is 22.7 Å². The number of para-hydroxylation sites is 2. The van der Waals surface area contributed by atoms with Crippen LogP contribution in [0.3, 0.4) is 0 Å². The summed E-state index contributed by atoms with van der Waals surface area (Å²) in [6.07, 6.45) is 0.608. The van der Waals surface area contributed by atoms with Gasteiger partial charge in [-0.25, -0.2) is 18.2 Å². The number of sulfonamides is 1. The van der Waals surface area contributed by atoms with Gasteiger partial charge < -0.3 is 9.15 Å². The summed E-state index contributed by atoms with van der Waals surface area (Å²) < 4.78 is 35.9. The molecule has 0 atom stereocenters. The number of hydrogen-bond acceptors (Lipinski definition) is 6. The van der Waals surface area contributed by atoms with E-state index < -0.39 is 16.0 Å². The minimum absolute atomic E-state index is 0.0736. The molecule has 7 nitrogen and oxygen atoms in total. The highest BCUT2D eigenvalue weighted by Gasteiger charge is 2.28. The van der Waals surface area contributed by atoms with Crippen LogP contribution >= 0.6 is 0 Å². The van der Waals surface area contributed by atoms with Gasteiger partial charge in [0.2, 0.25) is 15.9 Å². The first kappa shape index (κ1) is 16.6. The molecule has 134 valence electrons. The maximum absolute atomic E-state index is 12.2. The van der Waals surface area contributed by atoms with Crippen molar-refractivity contribution in [3.05, 3.63) is 60.0 Å². The highest BCUT2D eigenvalue weighted by atomic mass is 32.2. The van der Waals surface area contributed by atoms with Gasteiger partial charge in [-0.1, -0.05) is 12.1 Å². The van der Waals surface area contributed by atoms with E-state index in [9.17, 15) is 13.2 Å². The van der Waals surface area contributed by atoms with Crippen molar-refractivity contribution in [2.24, 2.45) is 0 Å². The molecule has 4 rings (SSSR count). The molecule has 0 amide bonds. The van der Waals surface area contributed by atoms with Crippen molar-refractivity contribution < 1.29 is 22.4 Å². The number of carbonyl (C=O) groups excluding carboxylic acids is 1. The van der Waals surface area contributed by atoms with E-state index >= 15 is 0 Å². The van der Waals surface area contributed by atoms with Gasteiger partial charge in [0.15, 0.2) is 12.2 Å². The number of nitrogens with zero attached hydrogens (tertiary/aromatic N) is 2. The van der Waals surface area contributed by atoms with Crippen LogP contribution < -0.4 is 4.31 Å². The summed E-state index contributed by atoms with van der Waals surface area (Å²) in [6, 6.07) is 13.6. The maximum atomic E-state index is 12.2. The Morgan fingerprint density at radius 2 is 1.92 bits per heavy atom. The molecule has 1 aliphatic rings. The van der Waals surface area contributed by atoms with Crippen LogP contribution in [-0.4, -0.2) is 31.7 Å². The number of benzene rings is 2. The Bertz CT molecular complexity index is 1020. The molecular weight excluding hydrogens is 356 g/mol. The minimum Gasteiger partial charge on any atom is -0.452 e. The lowest BCUT2D eigenvalue weighted by Crippen LogP contribution is -2.25. The van der Waals surface area contributed by atoms with E-state index in [1.807, 2.05) is 18.2 Å². The molecule has 0 bridgehead atoms. The van der Waals surface area contributed by atoms with Gasteiger partial charge in [-0.15, -0.1) is 0 Å². The Balaban J connectivity index is 1.43. The molecular formula is C18H16N2O5S. The molecule has 2 aromatic carbocycles. The van der Waals surface area contributed by atoms with Gasteiger partial charge in [0.1, 0.15) is 5.52 Å². The zero-order valence-corrected chi connectivity index (χ0v) is 14.6. The van der Waals surface area contributed by atoms with Crippen molar-refractivity contribution in [3.63, 3.8) is 0 Å². The number of carbonyl (C=O) groups is 1. The number of ether oxygens (including phenoxy) is 1. The maximum Gasteiger partial charge on any atom is 0.338 e. The topological polar surface area (TPSA) is 89.7 Å². The number of anilines is 1. The zero-order chi connectivity index (χ0) is 18.1. The van der Waals surface area contributed by atoms with Crippen molar-refractivity contribution in [1.29, 1.82) is 0 Å². The Morgan fingerprint density at radius 3 is 2.62 bits per heavy atom. The molecule has 1 aromatic heterocycles. The highest BCUT2D eigenvalue weighted by molar-refractivity contribution is 7.93. The van der Waals surface area contributed by atoms with Gasteiger partial charge in [-0.2, -0.15) is 0 Å². The van der Waals surface area contributed by atoms with E-state index in [1.165, 1.54) is 4.31 Å². The smallest absolute Gasteiger partial charge is 0.338 e. The summed E-state index contributed by atoms with van der Waals surface area (Å²) >= 11 is 0. The standard InChI is InChI=1S/C18H16N2O5S/c21-18(24-12-17-19-15-4-1-2-5-16(15)25-17)13-6-8-14(9-7-13)20-10-3-11-26(20,22)23/h1-2,4-9H,3,10-12H2. The zero-order valence-electron chi connectivity index (χ0n) is 13.8. The summed E-state index contributed by atoms with van der Waals surface area (Å²) in [6.45, 7) is 0.389. The third-order valence-electron chi connectivity index (χ3n) is 4.16. The molecule has 8 heteroatoms. The van der Waals surface area contributed by atoms with Crippen LogP contribution in [0.4, 0.5) is 5.69 Å². The summed E-state index contributed by atoms with van der Waals surface area (Å²) in [5, 5.41) is 0. The Hall–Kier alpha value is -2.87. The largest absolute Gasteiger partial charge is 0.452 e. The van der Waals surface area contributed by atoms with Gasteiger partial charge >= 0.3 is 5.97 Å². The van der Waals surface area contributed by atoms with Gasteiger partial charge in [-0.05, 0) is 42.8 Å². The summed E-state index contributed by atoms with van der Waals surface area (Å²) in [5.74, 6) is -0.0520. The Morgan fingerprint density at radius 1 is 1.15 bits per heavy atom. The lowest BCUT2D eigenvalue weighted by atomic mass is 10.2. The average Bonchev–Trinajstić information content (AvgIpc) is 3.22. The van der Waals surface area contributed by atoms with E-state index in [2.05, 4.69) is 4.98 Å². The summed E-state index contributed by atoms with van der Waals surface area (Å²) in [5.41, 5.74) is 2.23. The lowest BCUT2D eigenvalue weighted by Gasteiger charge is -2.16. The number of rotatable bonds is 4. The Labute approximate surface area is 150 Å². The van der Waals surface area contributed by atoms with E-state index in [0.717, 1.165) is 0 Å². The fourth-order valence-electron chi connectivity index (χ4n) is 2.89. The molecule has 0 N–H and O–H groups in total. The first-order valence-corrected chi connectivity index (χ1v) is 9.76. The molecule has 0 saturated carbocycles. The van der Waals surface area contributed by atoms with Crippen LogP contribution in [0, 0.1) is 0 Å². The molecule has 1 fully saturated rings. The third-order valence-corrected chi connectivity index (χ3v) is 6.02. The van der Waals surface area contributed by atoms with Crippen molar-refractivity contribution in [3.8, 4) is 0 Å². The van der Waals surface area contributed by atoms with E-state index in [1.54, 1.807) is 30.3 Å². The average molecular weight is 372 g/mol. The SMILES string of the molecule is O=C(OCc1nc2ccccc2o1)c1ccc(N2CCCS2(=O)=O)cc1. The second-order valence-electron chi connectivity index (χ2n) is 5.94. The van der Waals surface area contributed by atoms with E-state index in [-0.39, 0.29) is 12.4 Å². The number of oxazole rings is 1. The molecule has 2 heterocycles. The first-order valence-electron chi connectivity index (χ1n) is 8.15. The molecule has 26 heavy (non-hydrogen) atoms. The van der Waals surface area contributed by atoms with Gasteiger partial charge in [0.05, 0.1) is 17.0 Å². The van der Waals surface area contributed by atoms with Crippen LogP contribution in [0.25, 0.3) is 11.1 Å². The molecule has 0 aliphatic carbocycles. The van der Waals surface area contributed by atoms with E-state index in [4.69, 9.17) is 9.15 Å². The van der Waals surface area contributed by atoms with Crippen LogP contribution in [0.5, 0.6) is 0 Å². The van der Waals surface area contributed by atoms with Crippen LogP contribution in [0.2, 0.25) is 0 Å². The second kappa shape index (κ2) is 6.45. The quantitative estimate of drug-likeness (QED) is 0.654. The summed E-state index contributed by atoms with van der Waals surface area (Å²) in [4.78, 5) is 16.4. The Kier molecular flexibility index (Phi) is 4.12. The predicted octanol–water partition coefficient (Wildman–Crippen LogP) is 2.72. The highest BCUT2D eigenvalue weighted by Crippen LogP contribution is 2.24. The third kappa shape index (κ3) is 3.15. The molecule has 3 aromatic rings. The fraction of sp³-hybridized carbons (Fsp3) is 0.222. The molecule has 1 aliphatic heterocycles. The molecule has 0 spiro atoms. The molecule has 0 unspecified atom stereocenters. The summed E-state index contributed by atoms with van der Waals surface area (Å²) in [7, 11) is -3.24. The monoisotopic (exact) mass is 372 g/mol. The molecule has 0 radical (unpaired) electrons. The predicted molar refractivity (Wildman–Crippen MR) is 95.3 cm³/mol. The van der Waals surface area contributed by atoms with E-state index in [0.29, 0.717) is 41.2 Å². The minimum atomic E-state index is -3.24. The number of esters is 1. The molecule has 1 saturated heterocycles. The van der Waals surface area contributed by atoms with Gasteiger partial charge in [0, 0.05) is 6.54 Å². The van der Waals surface area contributed by atoms with Crippen molar-refractivity contribution in [2.75, 3.05) is 16.6 Å². The normalized spacial score (nSPS) is 16.1. The lowest BCUT2D eigenvalue weighted by molar-refractivity contribution is 0.0440. The number of hydrogen-bond donors (Lipinski definition) is 0. The number of fused-ring (bicyclic) bond motifs is 1. The van der Waals surface area contributed by atoms with Gasteiger partial charge in [0.25, 0.3) is 0 Å². The van der Waals surface area contributed by atoms with Crippen LogP contribution in [-0.2, 0) is 21.4 Å². The first-order chi connectivity index (χ1) is 12.5. The second-order valence-corrected chi connectivity index (χ2v) is 7.95. The van der Waals surface area contributed by atoms with Crippen molar-refractivity contribution in [2.45, 2.75) is 13.0 Å². The van der Waals surface area contributed by atoms with Crippen molar-refractivity contribution in [1.82, 2.24) is 4.98 Å². The van der Waals surface area contributed by atoms with Crippen molar-refractivity contribution >= 4 is 32.8 Å².